The summed E-state index contributed by atoms with van der Waals surface area (Å²) in [6.07, 6.45) is 0.723. The maximum atomic E-state index is 12.3. The predicted octanol–water partition coefficient (Wildman–Crippen LogP) is 1.32. The van der Waals surface area contributed by atoms with Gasteiger partial charge in [0.05, 0.1) is 18.0 Å². The molecular formula is C15H19N3O. The average Bonchev–Trinajstić information content (AvgIpc) is 2.45. The molecule has 1 aliphatic heterocycles. The molecule has 0 fully saturated rings. The maximum Gasteiger partial charge on any atom is 0.239 e. The highest BCUT2D eigenvalue weighted by molar-refractivity contribution is 5.82. The number of carbonyl (C=O) groups excluding carboxylic acids is 1. The largest absolute Gasteiger partial charge is 0.343 e. The van der Waals surface area contributed by atoms with Crippen LogP contribution in [0, 0.1) is 17.2 Å². The number of carbonyl (C=O) groups is 1. The molecule has 0 spiro atoms. The van der Waals surface area contributed by atoms with Gasteiger partial charge in [-0.15, -0.1) is 0 Å². The number of benzene rings is 1. The van der Waals surface area contributed by atoms with Gasteiger partial charge in [0.2, 0.25) is 5.91 Å². The van der Waals surface area contributed by atoms with Gasteiger partial charge >= 0.3 is 0 Å². The third kappa shape index (κ3) is 3.12. The maximum absolute atomic E-state index is 12.3. The molecule has 0 aliphatic carbocycles. The van der Waals surface area contributed by atoms with Gasteiger partial charge in [0, 0.05) is 20.1 Å². The van der Waals surface area contributed by atoms with Crippen LogP contribution in [0.5, 0.6) is 0 Å². The fourth-order valence-electron chi connectivity index (χ4n) is 2.44. The minimum absolute atomic E-state index is 0.0663. The van der Waals surface area contributed by atoms with E-state index in [1.165, 1.54) is 11.1 Å². The molecule has 1 N–H and O–H groups in total. The molecule has 0 saturated carbocycles. The molecule has 2 atom stereocenters. The summed E-state index contributed by atoms with van der Waals surface area (Å²) in [5.41, 5.74) is 2.50. The summed E-state index contributed by atoms with van der Waals surface area (Å²) in [5.74, 6) is -0.0681. The van der Waals surface area contributed by atoms with E-state index in [-0.39, 0.29) is 17.9 Å². The van der Waals surface area contributed by atoms with Crippen LogP contribution in [0.15, 0.2) is 24.3 Å². The molecule has 1 heterocycles. The minimum Gasteiger partial charge on any atom is -0.343 e. The topological polar surface area (TPSA) is 56.1 Å². The van der Waals surface area contributed by atoms with E-state index in [1.54, 1.807) is 11.9 Å². The van der Waals surface area contributed by atoms with Crippen molar-refractivity contribution in [3.05, 3.63) is 35.4 Å². The van der Waals surface area contributed by atoms with Gasteiger partial charge in [0.25, 0.3) is 0 Å². The van der Waals surface area contributed by atoms with Crippen LogP contribution in [0.4, 0.5) is 0 Å². The van der Waals surface area contributed by atoms with E-state index in [0.717, 1.165) is 13.0 Å². The summed E-state index contributed by atoms with van der Waals surface area (Å²) >= 11 is 0. The van der Waals surface area contributed by atoms with E-state index in [0.29, 0.717) is 6.54 Å². The molecule has 1 unspecified atom stereocenters. The summed E-state index contributed by atoms with van der Waals surface area (Å²) in [6, 6.07) is 10.2. The molecular weight excluding hydrogens is 238 g/mol. The van der Waals surface area contributed by atoms with Crippen LogP contribution < -0.4 is 5.32 Å². The van der Waals surface area contributed by atoms with E-state index >= 15 is 0 Å². The van der Waals surface area contributed by atoms with Crippen LogP contribution in [0.1, 0.15) is 18.1 Å². The molecule has 1 aliphatic rings. The van der Waals surface area contributed by atoms with Gasteiger partial charge in [-0.1, -0.05) is 24.3 Å². The van der Waals surface area contributed by atoms with Crippen molar-refractivity contribution in [1.29, 1.82) is 5.26 Å². The van der Waals surface area contributed by atoms with Gasteiger partial charge in [-0.2, -0.15) is 5.26 Å². The number of likely N-dealkylation sites (N-methyl/N-ethyl adjacent to an activating group) is 1. The molecule has 0 saturated heterocycles. The quantitative estimate of drug-likeness (QED) is 0.888. The predicted molar refractivity (Wildman–Crippen MR) is 73.2 cm³/mol. The molecule has 0 bridgehead atoms. The number of fused-ring (bicyclic) bond motifs is 1. The van der Waals surface area contributed by atoms with Crippen LogP contribution in [0.25, 0.3) is 0 Å². The standard InChI is InChI=1S/C15H19N3O/c1-11(8-16)10-18(2)15(19)14-7-12-5-3-4-6-13(12)9-17-14/h3-6,11,14,17H,7,9-10H2,1-2H3/t11?,14-/m0/s1. The van der Waals surface area contributed by atoms with Crippen LogP contribution in [-0.2, 0) is 17.8 Å². The fraction of sp³-hybridized carbons (Fsp3) is 0.467. The molecule has 100 valence electrons. The number of rotatable bonds is 3. The van der Waals surface area contributed by atoms with Crippen molar-refractivity contribution < 1.29 is 4.79 Å². The number of nitriles is 1. The molecule has 4 heteroatoms. The Bertz CT molecular complexity index is 506. The van der Waals surface area contributed by atoms with Crippen molar-refractivity contribution >= 4 is 5.91 Å². The van der Waals surface area contributed by atoms with Crippen molar-refractivity contribution in [1.82, 2.24) is 10.2 Å². The number of nitrogens with zero attached hydrogens (tertiary/aromatic N) is 2. The third-order valence-electron chi connectivity index (χ3n) is 3.52. The van der Waals surface area contributed by atoms with Gasteiger partial charge in [-0.3, -0.25) is 4.79 Å². The monoisotopic (exact) mass is 257 g/mol. The Balaban J connectivity index is 2.01. The van der Waals surface area contributed by atoms with Gasteiger partial charge in [-0.25, -0.2) is 0 Å². The van der Waals surface area contributed by atoms with Crippen molar-refractivity contribution in [2.75, 3.05) is 13.6 Å². The lowest BCUT2D eigenvalue weighted by molar-refractivity contribution is -0.132. The molecule has 2 rings (SSSR count). The highest BCUT2D eigenvalue weighted by Crippen LogP contribution is 2.17. The summed E-state index contributed by atoms with van der Waals surface area (Å²) in [4.78, 5) is 14.0. The van der Waals surface area contributed by atoms with Gasteiger partial charge in [0.1, 0.15) is 0 Å². The zero-order chi connectivity index (χ0) is 13.8. The van der Waals surface area contributed by atoms with E-state index in [1.807, 2.05) is 19.1 Å². The van der Waals surface area contributed by atoms with Gasteiger partial charge in [-0.05, 0) is 24.5 Å². The Labute approximate surface area is 114 Å². The normalized spacial score (nSPS) is 19.1. The molecule has 4 nitrogen and oxygen atoms in total. The SMILES string of the molecule is CC(C#N)CN(C)C(=O)[C@@H]1Cc2ccccc2CN1. The van der Waals surface area contributed by atoms with Crippen molar-refractivity contribution in [2.45, 2.75) is 25.9 Å². The molecule has 19 heavy (non-hydrogen) atoms. The second kappa shape index (κ2) is 5.85. The van der Waals surface area contributed by atoms with Crippen molar-refractivity contribution in [2.24, 2.45) is 5.92 Å². The molecule has 1 aromatic rings. The van der Waals surface area contributed by atoms with E-state index in [9.17, 15) is 4.79 Å². The lowest BCUT2D eigenvalue weighted by atomic mass is 9.95. The Morgan fingerprint density at radius 1 is 1.53 bits per heavy atom. The zero-order valence-electron chi connectivity index (χ0n) is 11.4. The Kier molecular flexibility index (Phi) is 4.18. The number of hydrogen-bond acceptors (Lipinski definition) is 3. The first-order valence-electron chi connectivity index (χ1n) is 6.56. The molecule has 0 radical (unpaired) electrons. The first-order valence-corrected chi connectivity index (χ1v) is 6.56. The minimum atomic E-state index is -0.175. The second-order valence-electron chi connectivity index (χ2n) is 5.16. The van der Waals surface area contributed by atoms with Gasteiger partial charge in [0.15, 0.2) is 0 Å². The highest BCUT2D eigenvalue weighted by Gasteiger charge is 2.26. The lowest BCUT2D eigenvalue weighted by Crippen LogP contribution is -2.49. The summed E-state index contributed by atoms with van der Waals surface area (Å²) < 4.78 is 0. The first-order chi connectivity index (χ1) is 9.11. The van der Waals surface area contributed by atoms with Crippen LogP contribution in [0.3, 0.4) is 0 Å². The average molecular weight is 257 g/mol. The van der Waals surface area contributed by atoms with Crippen LogP contribution in [-0.4, -0.2) is 30.4 Å². The summed E-state index contributed by atoms with van der Waals surface area (Å²) in [7, 11) is 1.76. The van der Waals surface area contributed by atoms with E-state index < -0.39 is 0 Å². The molecule has 1 amide bonds. The number of hydrogen-bond donors (Lipinski definition) is 1. The molecule has 0 aromatic heterocycles. The smallest absolute Gasteiger partial charge is 0.239 e. The van der Waals surface area contributed by atoms with E-state index in [4.69, 9.17) is 5.26 Å². The molecule has 1 aromatic carbocycles. The third-order valence-corrected chi connectivity index (χ3v) is 3.52. The van der Waals surface area contributed by atoms with Crippen molar-refractivity contribution in [3.8, 4) is 6.07 Å². The summed E-state index contributed by atoms with van der Waals surface area (Å²) in [5, 5.41) is 12.1. The van der Waals surface area contributed by atoms with Crippen LogP contribution in [0.2, 0.25) is 0 Å². The number of nitrogens with one attached hydrogen (secondary N) is 1. The lowest BCUT2D eigenvalue weighted by Gasteiger charge is -2.29. The fourth-order valence-corrected chi connectivity index (χ4v) is 2.44. The van der Waals surface area contributed by atoms with Crippen molar-refractivity contribution in [3.63, 3.8) is 0 Å². The Hall–Kier alpha value is -1.86. The van der Waals surface area contributed by atoms with Crippen LogP contribution >= 0.6 is 0 Å². The van der Waals surface area contributed by atoms with Gasteiger partial charge < -0.3 is 10.2 Å². The second-order valence-corrected chi connectivity index (χ2v) is 5.16. The Morgan fingerprint density at radius 3 is 2.89 bits per heavy atom. The Morgan fingerprint density at radius 2 is 2.21 bits per heavy atom. The van der Waals surface area contributed by atoms with E-state index in [2.05, 4.69) is 23.5 Å². The zero-order valence-corrected chi connectivity index (χ0v) is 11.4. The highest BCUT2D eigenvalue weighted by atomic mass is 16.2. The summed E-state index contributed by atoms with van der Waals surface area (Å²) in [6.45, 7) is 3.04. The first kappa shape index (κ1) is 13.6. The number of amides is 1.